The smallest absolute Gasteiger partial charge is 0.236 e. The van der Waals surface area contributed by atoms with Crippen LogP contribution in [0.4, 0.5) is 0 Å². The van der Waals surface area contributed by atoms with E-state index < -0.39 is 5.41 Å². The Labute approximate surface area is 136 Å². The van der Waals surface area contributed by atoms with Gasteiger partial charge in [0.1, 0.15) is 5.41 Å². The first-order chi connectivity index (χ1) is 11.1. The molecule has 0 spiro atoms. The molecule has 0 bridgehead atoms. The second-order valence-electron chi connectivity index (χ2n) is 5.57. The summed E-state index contributed by atoms with van der Waals surface area (Å²) in [5.74, 6) is -0.547. The lowest BCUT2D eigenvalue weighted by Crippen LogP contribution is -2.52. The fraction of sp³-hybridized carbons (Fsp3) is 0.263. The molecule has 2 aromatic carbocycles. The topological polar surface area (TPSA) is 58.2 Å². The number of carbonyl (C=O) groups is 2. The minimum absolute atomic E-state index is 0.274. The second kappa shape index (κ2) is 7.58. The van der Waals surface area contributed by atoms with Crippen molar-refractivity contribution in [2.24, 2.45) is 5.41 Å². The number of rotatable bonds is 6. The molecule has 0 saturated carbocycles. The molecule has 2 amide bonds. The van der Waals surface area contributed by atoms with E-state index in [0.717, 1.165) is 11.1 Å². The van der Waals surface area contributed by atoms with Gasteiger partial charge in [-0.1, -0.05) is 60.7 Å². The molecule has 0 heterocycles. The Morgan fingerprint density at radius 1 is 0.739 bits per heavy atom. The van der Waals surface area contributed by atoms with E-state index in [-0.39, 0.29) is 11.8 Å². The summed E-state index contributed by atoms with van der Waals surface area (Å²) in [6.45, 7) is 0. The largest absolute Gasteiger partial charge is 0.358 e. The number of benzene rings is 2. The number of hydrogen-bond acceptors (Lipinski definition) is 2. The minimum Gasteiger partial charge on any atom is -0.358 e. The van der Waals surface area contributed by atoms with Crippen molar-refractivity contribution >= 4 is 11.8 Å². The van der Waals surface area contributed by atoms with Crippen molar-refractivity contribution in [2.45, 2.75) is 12.8 Å². The van der Waals surface area contributed by atoms with E-state index in [0.29, 0.717) is 12.8 Å². The lowest BCUT2D eigenvalue weighted by atomic mass is 9.74. The summed E-state index contributed by atoms with van der Waals surface area (Å²) < 4.78 is 0. The third kappa shape index (κ3) is 3.77. The number of carbonyl (C=O) groups excluding carboxylic acids is 2. The fourth-order valence-corrected chi connectivity index (χ4v) is 2.85. The zero-order valence-corrected chi connectivity index (χ0v) is 13.5. The van der Waals surface area contributed by atoms with Gasteiger partial charge in [0, 0.05) is 14.1 Å². The Hall–Kier alpha value is -2.62. The van der Waals surface area contributed by atoms with E-state index in [1.54, 1.807) is 14.1 Å². The first-order valence-corrected chi connectivity index (χ1v) is 7.64. The number of hydrogen-bond donors (Lipinski definition) is 2. The maximum atomic E-state index is 12.7. The molecular weight excluding hydrogens is 288 g/mol. The number of amides is 2. The van der Waals surface area contributed by atoms with E-state index in [9.17, 15) is 9.59 Å². The standard InChI is InChI=1S/C19H22N2O2/c1-20-17(22)19(18(23)21-2,13-15-9-5-3-6-10-15)14-16-11-7-4-8-12-16/h3-12H,13-14H2,1-2H3,(H,20,22)(H,21,23). The molecule has 0 saturated heterocycles. The second-order valence-corrected chi connectivity index (χ2v) is 5.57. The summed E-state index contributed by atoms with van der Waals surface area (Å²) in [5, 5.41) is 5.32. The van der Waals surface area contributed by atoms with Crippen LogP contribution in [-0.2, 0) is 22.4 Å². The Morgan fingerprint density at radius 2 is 1.09 bits per heavy atom. The molecule has 4 heteroatoms. The van der Waals surface area contributed by atoms with Gasteiger partial charge in [0.25, 0.3) is 0 Å². The molecule has 4 nitrogen and oxygen atoms in total. The lowest BCUT2D eigenvalue weighted by Gasteiger charge is -2.30. The highest BCUT2D eigenvalue weighted by Gasteiger charge is 2.45. The summed E-state index contributed by atoms with van der Waals surface area (Å²) in [4.78, 5) is 25.3. The highest BCUT2D eigenvalue weighted by molar-refractivity contribution is 6.05. The maximum absolute atomic E-state index is 12.7. The van der Waals surface area contributed by atoms with Gasteiger partial charge in [-0.25, -0.2) is 0 Å². The molecule has 0 atom stereocenters. The molecule has 0 unspecified atom stereocenters. The predicted molar refractivity (Wildman–Crippen MR) is 90.9 cm³/mol. The highest BCUT2D eigenvalue weighted by Crippen LogP contribution is 2.29. The van der Waals surface area contributed by atoms with Gasteiger partial charge in [-0.05, 0) is 24.0 Å². The monoisotopic (exact) mass is 310 g/mol. The quantitative estimate of drug-likeness (QED) is 0.801. The van der Waals surface area contributed by atoms with Gasteiger partial charge in [-0.15, -0.1) is 0 Å². The molecule has 0 aliphatic rings. The minimum atomic E-state index is -1.17. The van der Waals surface area contributed by atoms with Crippen LogP contribution < -0.4 is 10.6 Å². The Morgan fingerprint density at radius 3 is 1.39 bits per heavy atom. The van der Waals surface area contributed by atoms with Crippen molar-refractivity contribution in [3.8, 4) is 0 Å². The summed E-state index contributed by atoms with van der Waals surface area (Å²) >= 11 is 0. The molecule has 120 valence electrons. The average molecular weight is 310 g/mol. The van der Waals surface area contributed by atoms with Crippen molar-refractivity contribution in [3.63, 3.8) is 0 Å². The van der Waals surface area contributed by atoms with Crippen LogP contribution in [0.3, 0.4) is 0 Å². The maximum Gasteiger partial charge on any atom is 0.236 e. The Bertz CT molecular complexity index is 594. The molecule has 0 fully saturated rings. The molecule has 0 aliphatic heterocycles. The molecule has 0 aliphatic carbocycles. The highest BCUT2D eigenvalue weighted by atomic mass is 16.2. The zero-order chi connectivity index (χ0) is 16.7. The van der Waals surface area contributed by atoms with Crippen LogP contribution in [0, 0.1) is 5.41 Å². The van der Waals surface area contributed by atoms with Crippen LogP contribution in [0.15, 0.2) is 60.7 Å². The van der Waals surface area contributed by atoms with Gasteiger partial charge in [0.2, 0.25) is 11.8 Å². The Kier molecular flexibility index (Phi) is 5.52. The van der Waals surface area contributed by atoms with Gasteiger partial charge < -0.3 is 10.6 Å². The van der Waals surface area contributed by atoms with E-state index in [1.807, 2.05) is 60.7 Å². The first kappa shape index (κ1) is 16.7. The molecule has 2 rings (SSSR count). The lowest BCUT2D eigenvalue weighted by molar-refractivity contribution is -0.143. The molecule has 2 N–H and O–H groups in total. The normalized spacial score (nSPS) is 10.9. The van der Waals surface area contributed by atoms with Gasteiger partial charge >= 0.3 is 0 Å². The van der Waals surface area contributed by atoms with Crippen LogP contribution in [0.25, 0.3) is 0 Å². The third-order valence-corrected chi connectivity index (χ3v) is 4.02. The molecule has 0 aromatic heterocycles. The van der Waals surface area contributed by atoms with Crippen LogP contribution in [0.5, 0.6) is 0 Å². The van der Waals surface area contributed by atoms with Crippen molar-refractivity contribution in [1.82, 2.24) is 10.6 Å². The summed E-state index contributed by atoms with van der Waals surface area (Å²) in [5.41, 5.74) is 0.734. The van der Waals surface area contributed by atoms with Gasteiger partial charge in [0.05, 0.1) is 0 Å². The summed E-state index contributed by atoms with van der Waals surface area (Å²) in [6, 6.07) is 19.2. The Balaban J connectivity index is 2.46. The van der Waals surface area contributed by atoms with Crippen LogP contribution >= 0.6 is 0 Å². The van der Waals surface area contributed by atoms with Crippen LogP contribution in [0.2, 0.25) is 0 Å². The van der Waals surface area contributed by atoms with E-state index in [4.69, 9.17) is 0 Å². The van der Waals surface area contributed by atoms with E-state index in [2.05, 4.69) is 10.6 Å². The summed E-state index contributed by atoms with van der Waals surface area (Å²) in [6.07, 6.45) is 0.699. The van der Waals surface area contributed by atoms with Crippen LogP contribution in [0.1, 0.15) is 11.1 Å². The first-order valence-electron chi connectivity index (χ1n) is 7.64. The van der Waals surface area contributed by atoms with Crippen molar-refractivity contribution in [2.75, 3.05) is 14.1 Å². The van der Waals surface area contributed by atoms with Crippen molar-refractivity contribution in [3.05, 3.63) is 71.8 Å². The van der Waals surface area contributed by atoms with E-state index in [1.165, 1.54) is 0 Å². The molecule has 23 heavy (non-hydrogen) atoms. The number of nitrogens with one attached hydrogen (secondary N) is 2. The van der Waals surface area contributed by atoms with Crippen molar-refractivity contribution < 1.29 is 9.59 Å². The van der Waals surface area contributed by atoms with Gasteiger partial charge in [-0.3, -0.25) is 9.59 Å². The van der Waals surface area contributed by atoms with Gasteiger partial charge in [-0.2, -0.15) is 0 Å². The molecule has 2 aromatic rings. The van der Waals surface area contributed by atoms with Crippen LogP contribution in [-0.4, -0.2) is 25.9 Å². The predicted octanol–water partition coefficient (Wildman–Crippen LogP) is 1.95. The van der Waals surface area contributed by atoms with Gasteiger partial charge in [0.15, 0.2) is 0 Å². The fourth-order valence-electron chi connectivity index (χ4n) is 2.85. The molecule has 0 radical (unpaired) electrons. The SMILES string of the molecule is CNC(=O)C(Cc1ccccc1)(Cc1ccccc1)C(=O)NC. The van der Waals surface area contributed by atoms with Crippen molar-refractivity contribution in [1.29, 1.82) is 0 Å². The zero-order valence-electron chi connectivity index (χ0n) is 13.5. The summed E-state index contributed by atoms with van der Waals surface area (Å²) in [7, 11) is 3.13. The van der Waals surface area contributed by atoms with E-state index >= 15 is 0 Å². The average Bonchev–Trinajstić information content (AvgIpc) is 2.61. The third-order valence-electron chi connectivity index (χ3n) is 4.02. The molecular formula is C19H22N2O2.